The van der Waals surface area contributed by atoms with Gasteiger partial charge in [0.25, 0.3) is 0 Å². The molecule has 2 aromatic rings. The van der Waals surface area contributed by atoms with Crippen molar-refractivity contribution in [2.75, 3.05) is 27.8 Å². The van der Waals surface area contributed by atoms with Gasteiger partial charge in [-0.15, -0.1) is 0 Å². The summed E-state index contributed by atoms with van der Waals surface area (Å²) >= 11 is 5.51. The van der Waals surface area contributed by atoms with Crippen LogP contribution in [-0.4, -0.2) is 42.4 Å². The largest absolute Gasteiger partial charge is 0.493 e. The molecule has 2 heterocycles. The van der Waals surface area contributed by atoms with Crippen LogP contribution in [0.15, 0.2) is 36.5 Å². The molecule has 0 saturated heterocycles. The van der Waals surface area contributed by atoms with Crippen LogP contribution in [0.5, 0.6) is 11.5 Å². The van der Waals surface area contributed by atoms with Gasteiger partial charge in [0.15, 0.2) is 16.6 Å². The van der Waals surface area contributed by atoms with E-state index in [2.05, 4.69) is 39.2 Å². The van der Waals surface area contributed by atoms with Crippen molar-refractivity contribution in [3.63, 3.8) is 0 Å². The smallest absolute Gasteiger partial charge is 0.169 e. The standard InChI is InChI=1S/C17H21N3O2S/c1-18-17(23)20-10-9-19-8-4-5-13(19)16(20)12-6-7-14(21-2)15(11-12)22-3/h4-8,11,16H,9-10H2,1-3H3,(H,18,23). The number of nitrogens with one attached hydrogen (secondary N) is 1. The Morgan fingerprint density at radius 1 is 1.17 bits per heavy atom. The normalized spacial score (nSPS) is 16.7. The number of nitrogens with zero attached hydrogens (tertiary/aromatic N) is 2. The van der Waals surface area contributed by atoms with Gasteiger partial charge in [0.05, 0.1) is 20.3 Å². The lowest BCUT2D eigenvalue weighted by molar-refractivity contribution is 0.286. The Kier molecular flexibility index (Phi) is 4.43. The van der Waals surface area contributed by atoms with E-state index < -0.39 is 0 Å². The lowest BCUT2D eigenvalue weighted by Gasteiger charge is -2.38. The summed E-state index contributed by atoms with van der Waals surface area (Å²) in [6, 6.07) is 10.3. The number of thiocarbonyl (C=S) groups is 1. The first kappa shape index (κ1) is 15.7. The molecule has 1 aromatic heterocycles. The van der Waals surface area contributed by atoms with Gasteiger partial charge in [-0.2, -0.15) is 0 Å². The van der Waals surface area contributed by atoms with Crippen LogP contribution in [0.4, 0.5) is 0 Å². The minimum atomic E-state index is 0.0542. The molecule has 1 aliphatic rings. The van der Waals surface area contributed by atoms with Crippen LogP contribution in [-0.2, 0) is 6.54 Å². The van der Waals surface area contributed by atoms with Gasteiger partial charge in [0.2, 0.25) is 0 Å². The average Bonchev–Trinajstić information content (AvgIpc) is 3.08. The summed E-state index contributed by atoms with van der Waals surface area (Å²) in [5, 5.41) is 3.85. The van der Waals surface area contributed by atoms with Gasteiger partial charge in [0.1, 0.15) is 0 Å². The third-order valence-corrected chi connectivity index (χ3v) is 4.67. The highest BCUT2D eigenvalue weighted by atomic mass is 32.1. The lowest BCUT2D eigenvalue weighted by Crippen LogP contribution is -2.46. The van der Waals surface area contributed by atoms with Gasteiger partial charge >= 0.3 is 0 Å². The number of methoxy groups -OCH3 is 2. The predicted molar refractivity (Wildman–Crippen MR) is 94.2 cm³/mol. The Hall–Kier alpha value is -2.21. The number of hydrogen-bond acceptors (Lipinski definition) is 3. The van der Waals surface area contributed by atoms with Crippen molar-refractivity contribution in [1.29, 1.82) is 0 Å². The van der Waals surface area contributed by atoms with Crippen LogP contribution in [0, 0.1) is 0 Å². The summed E-state index contributed by atoms with van der Waals surface area (Å²) in [6.07, 6.45) is 2.11. The number of fused-ring (bicyclic) bond motifs is 1. The van der Waals surface area contributed by atoms with E-state index >= 15 is 0 Å². The minimum Gasteiger partial charge on any atom is -0.493 e. The highest BCUT2D eigenvalue weighted by Gasteiger charge is 2.30. The fourth-order valence-corrected chi connectivity index (χ4v) is 3.32. The monoisotopic (exact) mass is 331 g/mol. The summed E-state index contributed by atoms with van der Waals surface area (Å²) < 4.78 is 13.1. The molecule has 1 atom stereocenters. The van der Waals surface area contributed by atoms with Gasteiger partial charge in [-0.1, -0.05) is 6.07 Å². The second kappa shape index (κ2) is 6.50. The van der Waals surface area contributed by atoms with Crippen molar-refractivity contribution in [1.82, 2.24) is 14.8 Å². The molecule has 6 heteroatoms. The zero-order valence-electron chi connectivity index (χ0n) is 13.6. The summed E-state index contributed by atoms with van der Waals surface area (Å²) in [6.45, 7) is 1.79. The zero-order valence-corrected chi connectivity index (χ0v) is 14.4. The second-order valence-corrected chi connectivity index (χ2v) is 5.78. The maximum Gasteiger partial charge on any atom is 0.169 e. The van der Waals surface area contributed by atoms with E-state index in [1.165, 1.54) is 5.69 Å². The van der Waals surface area contributed by atoms with E-state index in [1.807, 2.05) is 19.2 Å². The van der Waals surface area contributed by atoms with Gasteiger partial charge in [-0.3, -0.25) is 0 Å². The van der Waals surface area contributed by atoms with Crippen molar-refractivity contribution in [2.45, 2.75) is 12.6 Å². The maximum absolute atomic E-state index is 5.51. The minimum absolute atomic E-state index is 0.0542. The molecule has 23 heavy (non-hydrogen) atoms. The quantitative estimate of drug-likeness (QED) is 0.875. The van der Waals surface area contributed by atoms with Crippen molar-refractivity contribution >= 4 is 17.3 Å². The highest BCUT2D eigenvalue weighted by molar-refractivity contribution is 7.80. The van der Waals surface area contributed by atoms with Crippen molar-refractivity contribution in [2.24, 2.45) is 0 Å². The molecule has 1 N–H and O–H groups in total. The Labute approximate surface area is 141 Å². The number of ether oxygens (including phenoxy) is 2. The van der Waals surface area contributed by atoms with Crippen LogP contribution in [0.25, 0.3) is 0 Å². The molecule has 0 spiro atoms. The van der Waals surface area contributed by atoms with E-state index in [0.29, 0.717) is 0 Å². The molecular weight excluding hydrogens is 310 g/mol. The highest BCUT2D eigenvalue weighted by Crippen LogP contribution is 2.37. The van der Waals surface area contributed by atoms with E-state index in [4.69, 9.17) is 21.7 Å². The fourth-order valence-electron chi connectivity index (χ4n) is 3.12. The molecule has 0 aliphatic carbocycles. The van der Waals surface area contributed by atoms with E-state index in [0.717, 1.165) is 35.3 Å². The molecule has 0 fully saturated rings. The Bertz CT molecular complexity index is 714. The SMILES string of the molecule is CNC(=S)N1CCn2cccc2C1c1ccc(OC)c(OC)c1. The van der Waals surface area contributed by atoms with Crippen LogP contribution in [0.1, 0.15) is 17.3 Å². The average molecular weight is 331 g/mol. The van der Waals surface area contributed by atoms with Crippen LogP contribution < -0.4 is 14.8 Å². The van der Waals surface area contributed by atoms with Gasteiger partial charge in [-0.05, 0) is 42.0 Å². The summed E-state index contributed by atoms with van der Waals surface area (Å²) in [7, 11) is 5.16. The van der Waals surface area contributed by atoms with Crippen molar-refractivity contribution < 1.29 is 9.47 Å². The van der Waals surface area contributed by atoms with Crippen LogP contribution >= 0.6 is 12.2 Å². The number of rotatable bonds is 3. The van der Waals surface area contributed by atoms with E-state index in [-0.39, 0.29) is 6.04 Å². The van der Waals surface area contributed by atoms with Crippen LogP contribution in [0.3, 0.4) is 0 Å². The van der Waals surface area contributed by atoms with E-state index in [1.54, 1.807) is 14.2 Å². The fraction of sp³-hybridized carbons (Fsp3) is 0.353. The summed E-state index contributed by atoms with van der Waals surface area (Å²) in [5.41, 5.74) is 2.35. The molecule has 5 nitrogen and oxygen atoms in total. The van der Waals surface area contributed by atoms with Gasteiger partial charge < -0.3 is 24.3 Å². The number of benzene rings is 1. The van der Waals surface area contributed by atoms with Gasteiger partial charge in [0, 0.05) is 32.0 Å². The molecule has 1 aliphatic heterocycles. The molecule has 0 radical (unpaired) electrons. The topological polar surface area (TPSA) is 38.7 Å². The molecule has 122 valence electrons. The van der Waals surface area contributed by atoms with Gasteiger partial charge in [-0.25, -0.2) is 0 Å². The van der Waals surface area contributed by atoms with Crippen molar-refractivity contribution in [3.05, 3.63) is 47.8 Å². The zero-order chi connectivity index (χ0) is 16.4. The molecular formula is C17H21N3O2S. The molecule has 0 amide bonds. The summed E-state index contributed by atoms with van der Waals surface area (Å²) in [4.78, 5) is 2.21. The molecule has 0 bridgehead atoms. The third kappa shape index (κ3) is 2.74. The first-order valence-electron chi connectivity index (χ1n) is 7.55. The van der Waals surface area contributed by atoms with Crippen molar-refractivity contribution in [3.8, 4) is 11.5 Å². The molecule has 0 saturated carbocycles. The van der Waals surface area contributed by atoms with Crippen LogP contribution in [0.2, 0.25) is 0 Å². The molecule has 1 unspecified atom stereocenters. The summed E-state index contributed by atoms with van der Waals surface area (Å²) in [5.74, 6) is 1.45. The number of aromatic nitrogens is 1. The Morgan fingerprint density at radius 2 is 1.96 bits per heavy atom. The first-order chi connectivity index (χ1) is 11.2. The Balaban J connectivity index is 2.08. The predicted octanol–water partition coefficient (Wildman–Crippen LogP) is 2.41. The first-order valence-corrected chi connectivity index (χ1v) is 7.95. The second-order valence-electron chi connectivity index (χ2n) is 5.39. The number of hydrogen-bond donors (Lipinski definition) is 1. The molecule has 3 rings (SSSR count). The molecule has 1 aromatic carbocycles. The van der Waals surface area contributed by atoms with E-state index in [9.17, 15) is 0 Å². The maximum atomic E-state index is 5.51. The lowest BCUT2D eigenvalue weighted by atomic mass is 9.99. The third-order valence-electron chi connectivity index (χ3n) is 4.24. The Morgan fingerprint density at radius 3 is 2.65 bits per heavy atom.